The van der Waals surface area contributed by atoms with Gasteiger partial charge in [0.05, 0.1) is 12.1 Å². The van der Waals surface area contributed by atoms with E-state index < -0.39 is 8.32 Å². The van der Waals surface area contributed by atoms with Gasteiger partial charge in [0, 0.05) is 24.2 Å². The number of hydrogen-bond donors (Lipinski definition) is 0. The molecule has 1 heterocycles. The molecule has 3 nitrogen and oxygen atoms in total. The van der Waals surface area contributed by atoms with Gasteiger partial charge in [0.1, 0.15) is 0 Å². The highest BCUT2D eigenvalue weighted by Gasteiger charge is 2.45. The molecule has 0 aromatic heterocycles. The molecule has 3 rings (SSSR count). The number of Topliss-reactive ketones (excluding diaryl/α,β-unsaturated/α-hetero) is 1. The van der Waals surface area contributed by atoms with Gasteiger partial charge < -0.3 is 9.33 Å². The largest absolute Gasteiger partial charge is 0.415 e. The molecule has 158 valence electrons. The minimum Gasteiger partial charge on any atom is -0.415 e. The standard InChI is InChI=1S/C24H41NO2Si/c1-22(2,3)28(6,7)27-16-15-25-20-17-23(4,5)18-21(26)19(20)11-14-24(25)12-9-8-10-13-24/h11,14H,8-10,12-13,15-18H2,1-7H3. The maximum atomic E-state index is 12.9. The summed E-state index contributed by atoms with van der Waals surface area (Å²) < 4.78 is 6.55. The van der Waals surface area contributed by atoms with Gasteiger partial charge >= 0.3 is 0 Å². The molecule has 28 heavy (non-hydrogen) atoms. The Kier molecular flexibility index (Phi) is 5.79. The molecule has 0 unspecified atom stereocenters. The van der Waals surface area contributed by atoms with Crippen LogP contribution in [-0.4, -0.2) is 37.7 Å². The van der Waals surface area contributed by atoms with E-state index in [-0.39, 0.29) is 16.0 Å². The first-order valence-corrected chi connectivity index (χ1v) is 14.2. The average Bonchev–Trinajstić information content (AvgIpc) is 2.56. The lowest BCUT2D eigenvalue weighted by molar-refractivity contribution is -0.118. The highest BCUT2D eigenvalue weighted by atomic mass is 28.4. The van der Waals surface area contributed by atoms with Crippen molar-refractivity contribution in [2.24, 2.45) is 5.41 Å². The molecule has 0 bridgehead atoms. The molecule has 1 spiro atoms. The normalized spacial score (nSPS) is 24.7. The lowest BCUT2D eigenvalue weighted by atomic mass is 9.70. The van der Waals surface area contributed by atoms with Crippen molar-refractivity contribution in [1.82, 2.24) is 4.90 Å². The zero-order valence-electron chi connectivity index (χ0n) is 19.3. The third kappa shape index (κ3) is 4.18. The molecule has 2 aliphatic carbocycles. The Labute approximate surface area is 173 Å². The molecule has 0 N–H and O–H groups in total. The maximum Gasteiger partial charge on any atom is 0.192 e. The van der Waals surface area contributed by atoms with Crippen molar-refractivity contribution in [3.05, 3.63) is 23.4 Å². The van der Waals surface area contributed by atoms with Gasteiger partial charge in [0.15, 0.2) is 14.1 Å². The fourth-order valence-corrected chi connectivity index (χ4v) is 5.93. The van der Waals surface area contributed by atoms with Gasteiger partial charge in [-0.3, -0.25) is 4.79 Å². The van der Waals surface area contributed by atoms with Gasteiger partial charge in [-0.25, -0.2) is 0 Å². The Morgan fingerprint density at radius 1 is 1.11 bits per heavy atom. The van der Waals surface area contributed by atoms with E-state index in [1.165, 1.54) is 37.8 Å². The smallest absolute Gasteiger partial charge is 0.192 e. The topological polar surface area (TPSA) is 29.5 Å². The Hall–Kier alpha value is -0.873. The summed E-state index contributed by atoms with van der Waals surface area (Å²) in [6.07, 6.45) is 12.5. The van der Waals surface area contributed by atoms with E-state index in [1.807, 2.05) is 0 Å². The number of allylic oxidation sites excluding steroid dienone is 3. The van der Waals surface area contributed by atoms with E-state index >= 15 is 0 Å². The van der Waals surface area contributed by atoms with Crippen molar-refractivity contribution >= 4 is 14.1 Å². The highest BCUT2D eigenvalue weighted by molar-refractivity contribution is 6.74. The predicted octanol–water partition coefficient (Wildman–Crippen LogP) is 6.23. The lowest BCUT2D eigenvalue weighted by Crippen LogP contribution is -2.53. The molecule has 0 aromatic rings. The predicted molar refractivity (Wildman–Crippen MR) is 120 cm³/mol. The van der Waals surface area contributed by atoms with E-state index in [9.17, 15) is 4.79 Å². The fourth-order valence-electron chi connectivity index (χ4n) is 4.90. The Morgan fingerprint density at radius 3 is 2.36 bits per heavy atom. The van der Waals surface area contributed by atoms with E-state index in [0.717, 1.165) is 25.1 Å². The molecule has 4 heteroatoms. The van der Waals surface area contributed by atoms with Crippen molar-refractivity contribution < 1.29 is 9.22 Å². The third-order valence-corrected chi connectivity index (χ3v) is 12.2. The quantitative estimate of drug-likeness (QED) is 0.521. The summed E-state index contributed by atoms with van der Waals surface area (Å²) in [7, 11) is -1.76. The molecule has 0 radical (unpaired) electrons. The SMILES string of the molecule is CC1(C)CC(=O)C2=C(C1)N(CCO[Si](C)(C)C(C)(C)C)C1(C=C2)CCCCC1. The van der Waals surface area contributed by atoms with Crippen LogP contribution in [0.5, 0.6) is 0 Å². The van der Waals surface area contributed by atoms with Gasteiger partial charge in [0.2, 0.25) is 0 Å². The zero-order valence-corrected chi connectivity index (χ0v) is 20.3. The minimum atomic E-state index is -1.76. The van der Waals surface area contributed by atoms with E-state index in [4.69, 9.17) is 4.43 Å². The molecule has 1 fully saturated rings. The summed E-state index contributed by atoms with van der Waals surface area (Å²) in [5.74, 6) is 0.323. The fraction of sp³-hybridized carbons (Fsp3) is 0.792. The van der Waals surface area contributed by atoms with Crippen LogP contribution in [0.4, 0.5) is 0 Å². The van der Waals surface area contributed by atoms with Crippen molar-refractivity contribution in [2.75, 3.05) is 13.2 Å². The van der Waals surface area contributed by atoms with Crippen LogP contribution in [0.25, 0.3) is 0 Å². The summed E-state index contributed by atoms with van der Waals surface area (Å²) >= 11 is 0. The number of hydrogen-bond acceptors (Lipinski definition) is 3. The molecule has 1 aliphatic heterocycles. The average molecular weight is 404 g/mol. The Morgan fingerprint density at radius 2 is 1.75 bits per heavy atom. The van der Waals surface area contributed by atoms with Crippen LogP contribution in [0.1, 0.15) is 79.6 Å². The van der Waals surface area contributed by atoms with Gasteiger partial charge in [-0.1, -0.05) is 66.0 Å². The number of carbonyl (C=O) groups excluding carboxylic acids is 1. The first-order chi connectivity index (χ1) is 12.9. The molecular weight excluding hydrogens is 362 g/mol. The molecule has 0 atom stereocenters. The number of nitrogens with zero attached hydrogens (tertiary/aromatic N) is 1. The van der Waals surface area contributed by atoms with Gasteiger partial charge in [0.25, 0.3) is 0 Å². The highest BCUT2D eigenvalue weighted by Crippen LogP contribution is 2.47. The third-order valence-electron chi connectivity index (χ3n) is 7.62. The Balaban J connectivity index is 1.86. The van der Waals surface area contributed by atoms with Crippen molar-refractivity contribution in [2.45, 2.75) is 103 Å². The van der Waals surface area contributed by atoms with Gasteiger partial charge in [-0.15, -0.1) is 0 Å². The monoisotopic (exact) mass is 403 g/mol. The zero-order chi connectivity index (χ0) is 20.8. The first kappa shape index (κ1) is 21.8. The summed E-state index contributed by atoms with van der Waals surface area (Å²) in [6, 6.07) is 0. The van der Waals surface area contributed by atoms with Crippen LogP contribution in [-0.2, 0) is 9.22 Å². The summed E-state index contributed by atoms with van der Waals surface area (Å²) in [5.41, 5.74) is 2.42. The van der Waals surface area contributed by atoms with Gasteiger partial charge in [-0.2, -0.15) is 0 Å². The van der Waals surface area contributed by atoms with E-state index in [0.29, 0.717) is 12.2 Å². The Bertz CT molecular complexity index is 675. The van der Waals surface area contributed by atoms with Crippen LogP contribution in [0.3, 0.4) is 0 Å². The molecule has 1 saturated carbocycles. The molecule has 0 saturated heterocycles. The molecule has 3 aliphatic rings. The first-order valence-electron chi connectivity index (χ1n) is 11.2. The summed E-state index contributed by atoms with van der Waals surface area (Å²) in [5, 5.41) is 0.227. The second-order valence-corrected chi connectivity index (χ2v) is 16.4. The molecular formula is C24H41NO2Si. The van der Waals surface area contributed by atoms with Gasteiger partial charge in [-0.05, 0) is 42.8 Å². The van der Waals surface area contributed by atoms with E-state index in [2.05, 4.69) is 64.8 Å². The summed E-state index contributed by atoms with van der Waals surface area (Å²) in [6.45, 7) is 17.7. The number of carbonyl (C=O) groups is 1. The molecule has 0 aromatic carbocycles. The van der Waals surface area contributed by atoms with Crippen LogP contribution < -0.4 is 0 Å². The van der Waals surface area contributed by atoms with Crippen molar-refractivity contribution in [1.29, 1.82) is 0 Å². The lowest BCUT2D eigenvalue weighted by Gasteiger charge is -2.52. The molecule has 0 amide bonds. The second-order valence-electron chi connectivity index (χ2n) is 11.6. The van der Waals surface area contributed by atoms with Crippen LogP contribution >= 0.6 is 0 Å². The van der Waals surface area contributed by atoms with E-state index in [1.54, 1.807) is 0 Å². The summed E-state index contributed by atoms with van der Waals surface area (Å²) in [4.78, 5) is 15.5. The van der Waals surface area contributed by atoms with Crippen LogP contribution in [0.15, 0.2) is 23.4 Å². The van der Waals surface area contributed by atoms with Crippen LogP contribution in [0.2, 0.25) is 18.1 Å². The van der Waals surface area contributed by atoms with Crippen molar-refractivity contribution in [3.63, 3.8) is 0 Å². The second kappa shape index (κ2) is 7.43. The maximum absolute atomic E-state index is 12.9. The number of ketones is 1. The number of rotatable bonds is 4. The van der Waals surface area contributed by atoms with Crippen LogP contribution in [0, 0.1) is 5.41 Å². The van der Waals surface area contributed by atoms with Crippen molar-refractivity contribution in [3.8, 4) is 0 Å². The minimum absolute atomic E-state index is 0.0511.